The zero-order valence-corrected chi connectivity index (χ0v) is 19.9. The van der Waals surface area contributed by atoms with Crippen molar-refractivity contribution in [1.82, 2.24) is 4.98 Å². The lowest BCUT2D eigenvalue weighted by molar-refractivity contribution is -0.137. The summed E-state index contributed by atoms with van der Waals surface area (Å²) in [6.45, 7) is 9.68. The number of halogens is 4. The number of alkyl halides is 3. The fourth-order valence-corrected chi connectivity index (χ4v) is 3.86. The smallest absolute Gasteiger partial charge is 0.417 e. The normalized spacial score (nSPS) is 11.5. The summed E-state index contributed by atoms with van der Waals surface area (Å²) in [5, 5.41) is -0.379. The van der Waals surface area contributed by atoms with Crippen LogP contribution in [0.4, 0.5) is 13.2 Å². The molecule has 0 saturated heterocycles. The van der Waals surface area contributed by atoms with Gasteiger partial charge in [0.05, 0.1) is 10.6 Å². The van der Waals surface area contributed by atoms with Crippen LogP contribution in [0, 0.1) is 34.6 Å². The van der Waals surface area contributed by atoms with Crippen LogP contribution in [0.5, 0.6) is 11.5 Å². The standard InChI is InChI=1S/C26H25ClF3NO2/c1-14-10-22(33-25-15(2)17(4)31-18(5)16(25)3)8-7-20(14)13-21(32)11-19-6-9-24(27)23(12-19)26(28,29)30/h6-10,12H,11,13H2,1-5H3. The van der Waals surface area contributed by atoms with Crippen molar-refractivity contribution in [2.45, 2.75) is 53.6 Å². The minimum Gasteiger partial charge on any atom is -0.457 e. The number of aryl methyl sites for hydroxylation is 3. The van der Waals surface area contributed by atoms with Crippen molar-refractivity contribution < 1.29 is 22.7 Å². The molecule has 0 amide bonds. The van der Waals surface area contributed by atoms with Crippen molar-refractivity contribution in [3.8, 4) is 11.5 Å². The van der Waals surface area contributed by atoms with Crippen LogP contribution in [-0.2, 0) is 23.8 Å². The van der Waals surface area contributed by atoms with E-state index in [-0.39, 0.29) is 29.2 Å². The molecule has 0 bridgehead atoms. The van der Waals surface area contributed by atoms with Crippen molar-refractivity contribution >= 4 is 17.4 Å². The zero-order chi connectivity index (χ0) is 24.5. The predicted molar refractivity (Wildman–Crippen MR) is 123 cm³/mol. The highest BCUT2D eigenvalue weighted by Gasteiger charge is 2.33. The molecule has 174 valence electrons. The molecule has 0 unspecified atom stereocenters. The summed E-state index contributed by atoms with van der Waals surface area (Å²) < 4.78 is 45.4. The predicted octanol–water partition coefficient (Wildman–Crippen LogP) is 7.44. The maximum absolute atomic E-state index is 13.1. The van der Waals surface area contributed by atoms with E-state index < -0.39 is 11.7 Å². The third-order valence-electron chi connectivity index (χ3n) is 5.76. The van der Waals surface area contributed by atoms with Crippen molar-refractivity contribution in [2.75, 3.05) is 0 Å². The summed E-state index contributed by atoms with van der Waals surface area (Å²) in [6.07, 6.45) is -4.56. The summed E-state index contributed by atoms with van der Waals surface area (Å²) >= 11 is 5.66. The van der Waals surface area contributed by atoms with Crippen LogP contribution in [-0.4, -0.2) is 10.8 Å². The van der Waals surface area contributed by atoms with Gasteiger partial charge < -0.3 is 4.74 Å². The molecule has 3 aromatic rings. The van der Waals surface area contributed by atoms with Crippen LogP contribution in [0.2, 0.25) is 5.02 Å². The van der Waals surface area contributed by atoms with E-state index in [1.54, 1.807) is 6.07 Å². The quantitative estimate of drug-likeness (QED) is 0.372. The highest BCUT2D eigenvalue weighted by molar-refractivity contribution is 6.31. The zero-order valence-electron chi connectivity index (χ0n) is 19.2. The Hall–Kier alpha value is -2.86. The lowest BCUT2D eigenvalue weighted by atomic mass is 9.98. The SMILES string of the molecule is Cc1cc(Oc2c(C)c(C)nc(C)c2C)ccc1CC(=O)Cc1ccc(Cl)c(C(F)(F)F)c1. The Bertz CT molecular complexity index is 1190. The molecule has 3 rings (SSSR count). The second-order valence-corrected chi connectivity index (χ2v) is 8.66. The first-order valence-corrected chi connectivity index (χ1v) is 10.8. The van der Waals surface area contributed by atoms with E-state index >= 15 is 0 Å². The molecule has 0 spiro atoms. The van der Waals surface area contributed by atoms with E-state index in [1.165, 1.54) is 12.1 Å². The first kappa shape index (κ1) is 24.8. The Morgan fingerprint density at radius 2 is 1.58 bits per heavy atom. The molecule has 2 aromatic carbocycles. The summed E-state index contributed by atoms with van der Waals surface area (Å²) in [5.74, 6) is 1.23. The molecule has 0 fully saturated rings. The first-order valence-electron chi connectivity index (χ1n) is 10.5. The maximum atomic E-state index is 13.1. The highest BCUT2D eigenvalue weighted by Crippen LogP contribution is 2.35. The van der Waals surface area contributed by atoms with Crippen LogP contribution in [0.3, 0.4) is 0 Å². The minimum absolute atomic E-state index is 0.105. The van der Waals surface area contributed by atoms with Gasteiger partial charge in [-0.25, -0.2) is 0 Å². The van der Waals surface area contributed by atoms with Crippen molar-refractivity contribution in [3.05, 3.63) is 86.2 Å². The summed E-state index contributed by atoms with van der Waals surface area (Å²) in [5.41, 5.74) is 4.76. The van der Waals surface area contributed by atoms with Crippen LogP contribution in [0.15, 0.2) is 36.4 Å². The van der Waals surface area contributed by atoms with Gasteiger partial charge in [-0.3, -0.25) is 9.78 Å². The number of pyridine rings is 1. The molecule has 0 atom stereocenters. The number of carbonyl (C=O) groups excluding carboxylic acids is 1. The molecule has 1 heterocycles. The van der Waals surface area contributed by atoms with Crippen LogP contribution >= 0.6 is 11.6 Å². The van der Waals surface area contributed by atoms with Gasteiger partial charge >= 0.3 is 6.18 Å². The number of benzene rings is 2. The Balaban J connectivity index is 1.75. The van der Waals surface area contributed by atoms with Crippen molar-refractivity contribution in [2.24, 2.45) is 0 Å². The van der Waals surface area contributed by atoms with E-state index in [0.717, 1.165) is 45.5 Å². The van der Waals surface area contributed by atoms with Crippen molar-refractivity contribution in [1.29, 1.82) is 0 Å². The molecule has 7 heteroatoms. The van der Waals surface area contributed by atoms with Gasteiger partial charge in [0, 0.05) is 35.4 Å². The van der Waals surface area contributed by atoms with Crippen LogP contribution in [0.1, 0.15) is 44.8 Å². The number of aromatic nitrogens is 1. The molecule has 33 heavy (non-hydrogen) atoms. The molecule has 0 radical (unpaired) electrons. The van der Waals surface area contributed by atoms with Crippen LogP contribution < -0.4 is 4.74 Å². The Labute approximate surface area is 196 Å². The Kier molecular flexibility index (Phi) is 7.17. The van der Waals surface area contributed by atoms with Crippen molar-refractivity contribution in [3.63, 3.8) is 0 Å². The average molecular weight is 476 g/mol. The first-order chi connectivity index (χ1) is 15.4. The number of hydrogen-bond donors (Lipinski definition) is 0. The van der Waals surface area contributed by atoms with E-state index in [0.29, 0.717) is 5.75 Å². The molecule has 0 aliphatic carbocycles. The molecular formula is C26H25ClF3NO2. The molecule has 0 aliphatic rings. The lowest BCUT2D eigenvalue weighted by Gasteiger charge is -2.16. The second kappa shape index (κ2) is 9.56. The van der Waals surface area contributed by atoms with E-state index in [9.17, 15) is 18.0 Å². The average Bonchev–Trinajstić information content (AvgIpc) is 2.72. The lowest BCUT2D eigenvalue weighted by Crippen LogP contribution is -2.10. The Morgan fingerprint density at radius 3 is 2.15 bits per heavy atom. The van der Waals surface area contributed by atoms with Gasteiger partial charge in [0.25, 0.3) is 0 Å². The van der Waals surface area contributed by atoms with Gasteiger partial charge in [-0.1, -0.05) is 23.7 Å². The minimum atomic E-state index is -4.56. The van der Waals surface area contributed by atoms with E-state index in [1.807, 2.05) is 46.8 Å². The molecule has 1 aromatic heterocycles. The molecule has 0 saturated carbocycles. The number of ketones is 1. The Morgan fingerprint density at radius 1 is 0.939 bits per heavy atom. The summed E-state index contributed by atoms with van der Waals surface area (Å²) in [7, 11) is 0. The number of ether oxygens (including phenoxy) is 1. The number of hydrogen-bond acceptors (Lipinski definition) is 3. The topological polar surface area (TPSA) is 39.2 Å². The maximum Gasteiger partial charge on any atom is 0.417 e. The number of carbonyl (C=O) groups is 1. The largest absolute Gasteiger partial charge is 0.457 e. The molecule has 3 nitrogen and oxygen atoms in total. The number of nitrogens with zero attached hydrogens (tertiary/aromatic N) is 1. The molecule has 0 aliphatic heterocycles. The number of rotatable bonds is 6. The van der Waals surface area contributed by atoms with Gasteiger partial charge in [-0.15, -0.1) is 0 Å². The fourth-order valence-electron chi connectivity index (χ4n) is 3.63. The molecular weight excluding hydrogens is 451 g/mol. The summed E-state index contributed by atoms with van der Waals surface area (Å²) in [6, 6.07) is 9.03. The van der Waals surface area contributed by atoms with E-state index in [4.69, 9.17) is 16.3 Å². The van der Waals surface area contributed by atoms with Gasteiger partial charge in [0.1, 0.15) is 17.3 Å². The molecule has 0 N–H and O–H groups in total. The monoisotopic (exact) mass is 475 g/mol. The third-order valence-corrected chi connectivity index (χ3v) is 6.09. The fraction of sp³-hybridized carbons (Fsp3) is 0.308. The van der Waals surface area contributed by atoms with Crippen LogP contribution in [0.25, 0.3) is 0 Å². The highest BCUT2D eigenvalue weighted by atomic mass is 35.5. The second-order valence-electron chi connectivity index (χ2n) is 8.26. The van der Waals surface area contributed by atoms with E-state index in [2.05, 4.69) is 4.98 Å². The summed E-state index contributed by atoms with van der Waals surface area (Å²) in [4.78, 5) is 17.1. The number of Topliss-reactive ketones (excluding diaryl/α,β-unsaturated/α-hetero) is 1. The van der Waals surface area contributed by atoms with Gasteiger partial charge in [0.2, 0.25) is 0 Å². The van der Waals surface area contributed by atoms with Gasteiger partial charge in [-0.2, -0.15) is 13.2 Å². The van der Waals surface area contributed by atoms with Gasteiger partial charge in [-0.05, 0) is 75.6 Å². The van der Waals surface area contributed by atoms with Gasteiger partial charge in [0.15, 0.2) is 0 Å². The third kappa shape index (κ3) is 5.74.